The number of carbonyl (C=O) groups excluding carboxylic acids is 1. The highest BCUT2D eigenvalue weighted by Crippen LogP contribution is 2.32. The summed E-state index contributed by atoms with van der Waals surface area (Å²) in [6.45, 7) is 3.58. The highest BCUT2D eigenvalue weighted by molar-refractivity contribution is 5.92. The van der Waals surface area contributed by atoms with Gasteiger partial charge in [0, 0.05) is 19.0 Å². The zero-order valence-corrected chi connectivity index (χ0v) is 17.2. The fourth-order valence-electron chi connectivity index (χ4n) is 3.66. The molecule has 1 N–H and O–H groups in total. The van der Waals surface area contributed by atoms with Crippen molar-refractivity contribution in [3.05, 3.63) is 53.7 Å². The first-order valence-electron chi connectivity index (χ1n) is 9.96. The summed E-state index contributed by atoms with van der Waals surface area (Å²) in [6.07, 6.45) is 0.115. The van der Waals surface area contributed by atoms with Crippen LogP contribution in [0.2, 0.25) is 0 Å². The predicted octanol–water partition coefficient (Wildman–Crippen LogP) is 3.21. The van der Waals surface area contributed by atoms with Crippen LogP contribution in [0.1, 0.15) is 34.7 Å². The van der Waals surface area contributed by atoms with Gasteiger partial charge in [-0.05, 0) is 49.6 Å². The van der Waals surface area contributed by atoms with Gasteiger partial charge in [0.15, 0.2) is 5.76 Å². The smallest absolute Gasteiger partial charge is 0.475 e. The van der Waals surface area contributed by atoms with E-state index in [2.05, 4.69) is 4.98 Å². The van der Waals surface area contributed by atoms with Gasteiger partial charge in [-0.3, -0.25) is 9.78 Å². The summed E-state index contributed by atoms with van der Waals surface area (Å²) in [5.74, 6) is -1.71. The van der Waals surface area contributed by atoms with Crippen LogP contribution < -0.4 is 0 Å². The van der Waals surface area contributed by atoms with Crippen molar-refractivity contribution in [3.63, 3.8) is 0 Å². The van der Waals surface area contributed by atoms with E-state index in [1.165, 1.54) is 0 Å². The number of rotatable bonds is 4. The lowest BCUT2D eigenvalue weighted by molar-refractivity contribution is -0.192. The second-order valence-electron chi connectivity index (χ2n) is 7.42. The quantitative estimate of drug-likeness (QED) is 0.754. The number of hydrogen-bond donors (Lipinski definition) is 1. The third-order valence-electron chi connectivity index (χ3n) is 5.15. The number of pyridine rings is 1. The Morgan fingerprint density at radius 2 is 1.94 bits per heavy atom. The van der Waals surface area contributed by atoms with Crippen molar-refractivity contribution in [2.45, 2.75) is 50.8 Å². The van der Waals surface area contributed by atoms with Crippen LogP contribution in [-0.2, 0) is 20.9 Å². The maximum atomic E-state index is 12.8. The van der Waals surface area contributed by atoms with E-state index in [1.807, 2.05) is 30.0 Å². The fourth-order valence-corrected chi connectivity index (χ4v) is 3.66. The Kier molecular flexibility index (Phi) is 7.52. The Hall–Kier alpha value is -2.92. The van der Waals surface area contributed by atoms with Crippen LogP contribution >= 0.6 is 0 Å². The van der Waals surface area contributed by atoms with E-state index < -0.39 is 12.1 Å². The molecule has 4 rings (SSSR count). The van der Waals surface area contributed by atoms with Crippen LogP contribution in [0, 0.1) is 6.92 Å². The highest BCUT2D eigenvalue weighted by Gasteiger charge is 2.47. The molecule has 0 radical (unpaired) electrons. The monoisotopic (exact) mass is 456 g/mol. The molecule has 2 aliphatic heterocycles. The molecule has 0 unspecified atom stereocenters. The van der Waals surface area contributed by atoms with Crippen molar-refractivity contribution in [2.24, 2.45) is 0 Å². The van der Waals surface area contributed by atoms with Gasteiger partial charge in [0.05, 0.1) is 19.2 Å². The van der Waals surface area contributed by atoms with Gasteiger partial charge < -0.3 is 23.9 Å². The number of aromatic nitrogens is 1. The Balaban J connectivity index is 0.000000360. The molecule has 4 heterocycles. The van der Waals surface area contributed by atoms with Gasteiger partial charge in [0.25, 0.3) is 5.91 Å². The second-order valence-corrected chi connectivity index (χ2v) is 7.42. The molecule has 0 aromatic carbocycles. The maximum Gasteiger partial charge on any atom is 0.490 e. The van der Waals surface area contributed by atoms with Gasteiger partial charge in [0.1, 0.15) is 18.0 Å². The number of amides is 1. The van der Waals surface area contributed by atoms with E-state index in [0.717, 1.165) is 30.8 Å². The van der Waals surface area contributed by atoms with Crippen LogP contribution in [-0.4, -0.2) is 64.4 Å². The minimum absolute atomic E-state index is 0.0501. The number of halogens is 3. The first kappa shape index (κ1) is 23.7. The number of carboxylic acids is 1. The molecular formula is C21H23F3N2O6. The minimum Gasteiger partial charge on any atom is -0.475 e. The normalized spacial score (nSPS) is 22.6. The molecule has 2 aliphatic rings. The van der Waals surface area contributed by atoms with E-state index in [4.69, 9.17) is 23.8 Å². The summed E-state index contributed by atoms with van der Waals surface area (Å²) in [6, 6.07) is 7.47. The molecule has 8 nitrogen and oxygen atoms in total. The molecule has 2 aromatic rings. The van der Waals surface area contributed by atoms with E-state index >= 15 is 0 Å². The number of alkyl halides is 3. The SMILES string of the molecule is Cc1ccc(C(=O)N2C[C@@H](OCc3ccncc3)[C@@H]3OCCC[C@@H]32)o1.O=C(O)C(F)(F)F. The largest absolute Gasteiger partial charge is 0.490 e. The number of likely N-dealkylation sites (tertiary alicyclic amines) is 1. The lowest BCUT2D eigenvalue weighted by Crippen LogP contribution is -2.43. The molecule has 11 heteroatoms. The zero-order valence-electron chi connectivity index (χ0n) is 17.2. The average molecular weight is 456 g/mol. The topological polar surface area (TPSA) is 102 Å². The number of ether oxygens (including phenoxy) is 2. The molecule has 3 atom stereocenters. The first-order chi connectivity index (χ1) is 15.2. The van der Waals surface area contributed by atoms with Crippen molar-refractivity contribution in [1.82, 2.24) is 9.88 Å². The molecule has 0 aliphatic carbocycles. The van der Waals surface area contributed by atoms with Crippen LogP contribution in [0.25, 0.3) is 0 Å². The van der Waals surface area contributed by atoms with Crippen molar-refractivity contribution in [3.8, 4) is 0 Å². The summed E-state index contributed by atoms with van der Waals surface area (Å²) >= 11 is 0. The molecular weight excluding hydrogens is 433 g/mol. The molecule has 0 saturated carbocycles. The molecule has 2 fully saturated rings. The highest BCUT2D eigenvalue weighted by atomic mass is 19.4. The Bertz CT molecular complexity index is 918. The standard InChI is InChI=1S/C19H22N2O4.C2HF3O2/c1-13-4-5-16(25-13)19(22)21-11-17(18-15(21)3-2-10-23-18)24-12-14-6-8-20-9-7-14;3-2(4,5)1(6)7/h4-9,15,17-18H,2-3,10-12H2,1H3;(H,6,7)/t15-,17+,18+;/m0./s1. The number of aryl methyl sites for hydroxylation is 1. The summed E-state index contributed by atoms with van der Waals surface area (Å²) in [5, 5.41) is 7.12. The van der Waals surface area contributed by atoms with Gasteiger partial charge in [0.2, 0.25) is 0 Å². The summed E-state index contributed by atoms with van der Waals surface area (Å²) in [7, 11) is 0. The molecule has 0 spiro atoms. The molecule has 0 bridgehead atoms. The summed E-state index contributed by atoms with van der Waals surface area (Å²) in [5.41, 5.74) is 1.06. The number of hydrogen-bond acceptors (Lipinski definition) is 6. The summed E-state index contributed by atoms with van der Waals surface area (Å²) < 4.78 is 49.3. The van der Waals surface area contributed by atoms with Crippen LogP contribution in [0.4, 0.5) is 13.2 Å². The number of furan rings is 1. The first-order valence-corrected chi connectivity index (χ1v) is 9.96. The Morgan fingerprint density at radius 1 is 1.25 bits per heavy atom. The predicted molar refractivity (Wildman–Crippen MR) is 104 cm³/mol. The number of fused-ring (bicyclic) bond motifs is 1. The van der Waals surface area contributed by atoms with Crippen molar-refractivity contribution in [1.29, 1.82) is 0 Å². The average Bonchev–Trinajstić information content (AvgIpc) is 3.36. The molecule has 2 aromatic heterocycles. The van der Waals surface area contributed by atoms with Gasteiger partial charge in [-0.1, -0.05) is 0 Å². The number of carboxylic acid groups (broad SMARTS) is 1. The van der Waals surface area contributed by atoms with E-state index in [9.17, 15) is 18.0 Å². The van der Waals surface area contributed by atoms with Gasteiger partial charge in [-0.25, -0.2) is 4.79 Å². The van der Waals surface area contributed by atoms with Gasteiger partial charge >= 0.3 is 12.1 Å². The molecule has 32 heavy (non-hydrogen) atoms. The Morgan fingerprint density at radius 3 is 2.53 bits per heavy atom. The number of carbonyl (C=O) groups is 2. The second kappa shape index (κ2) is 10.1. The third kappa shape index (κ3) is 5.86. The molecule has 2 saturated heterocycles. The van der Waals surface area contributed by atoms with Crippen LogP contribution in [0.15, 0.2) is 41.1 Å². The van der Waals surface area contributed by atoms with Gasteiger partial charge in [-0.2, -0.15) is 13.2 Å². The Labute approximate surface area is 181 Å². The molecule has 174 valence electrons. The number of aliphatic carboxylic acids is 1. The lowest BCUT2D eigenvalue weighted by atomic mass is 10.0. The molecule has 1 amide bonds. The van der Waals surface area contributed by atoms with E-state index in [0.29, 0.717) is 18.9 Å². The maximum absolute atomic E-state index is 12.8. The minimum atomic E-state index is -5.08. The third-order valence-corrected chi connectivity index (χ3v) is 5.15. The number of nitrogens with zero attached hydrogens (tertiary/aromatic N) is 2. The van der Waals surface area contributed by atoms with Gasteiger partial charge in [-0.15, -0.1) is 0 Å². The summed E-state index contributed by atoms with van der Waals surface area (Å²) in [4.78, 5) is 27.6. The van der Waals surface area contributed by atoms with E-state index in [1.54, 1.807) is 18.5 Å². The zero-order chi connectivity index (χ0) is 23.3. The fraction of sp³-hybridized carbons (Fsp3) is 0.476. The van der Waals surface area contributed by atoms with Crippen LogP contribution in [0.5, 0.6) is 0 Å². The van der Waals surface area contributed by atoms with Crippen molar-refractivity contribution < 1.29 is 41.8 Å². The lowest BCUT2D eigenvalue weighted by Gasteiger charge is -2.31. The van der Waals surface area contributed by atoms with Crippen molar-refractivity contribution in [2.75, 3.05) is 13.2 Å². The van der Waals surface area contributed by atoms with Crippen molar-refractivity contribution >= 4 is 11.9 Å². The van der Waals surface area contributed by atoms with Crippen LogP contribution in [0.3, 0.4) is 0 Å². The van der Waals surface area contributed by atoms with E-state index in [-0.39, 0.29) is 24.2 Å².